The summed E-state index contributed by atoms with van der Waals surface area (Å²) in [6.45, 7) is 2.95. The van der Waals surface area contributed by atoms with Crippen molar-refractivity contribution in [3.05, 3.63) is 41.0 Å². The standard InChI is InChI=1S/C19H18N2O3S.ClH/c1-10-8-13-16(19(24)21(18(13)23)7-6-20(2)3)15-12-9-11(22)4-5-14(12)25-17(10)15;/h4-5,8-9,22H,6-7H2,1-3H3;1H. The van der Waals surface area contributed by atoms with Crippen LogP contribution in [0.2, 0.25) is 0 Å². The molecule has 0 saturated carbocycles. The summed E-state index contributed by atoms with van der Waals surface area (Å²) in [6, 6.07) is 6.99. The van der Waals surface area contributed by atoms with Gasteiger partial charge in [0, 0.05) is 33.3 Å². The van der Waals surface area contributed by atoms with Crippen molar-refractivity contribution in [2.24, 2.45) is 0 Å². The average Bonchev–Trinajstić information content (AvgIpc) is 3.03. The van der Waals surface area contributed by atoms with Crippen LogP contribution in [0.15, 0.2) is 24.3 Å². The van der Waals surface area contributed by atoms with Crippen LogP contribution in [-0.2, 0) is 0 Å². The summed E-state index contributed by atoms with van der Waals surface area (Å²) in [4.78, 5) is 29.1. The first kappa shape index (κ1) is 18.6. The first-order valence-electron chi connectivity index (χ1n) is 8.08. The van der Waals surface area contributed by atoms with Gasteiger partial charge in [0.1, 0.15) is 5.75 Å². The molecule has 0 spiro atoms. The number of imide groups is 1. The zero-order chi connectivity index (χ0) is 17.9. The molecular formula is C19H19ClN2O3S. The quantitative estimate of drug-likeness (QED) is 0.693. The van der Waals surface area contributed by atoms with E-state index in [0.717, 1.165) is 25.7 Å². The molecular weight excluding hydrogens is 372 g/mol. The molecule has 2 aromatic carbocycles. The number of nitrogens with zero attached hydrogens (tertiary/aromatic N) is 2. The smallest absolute Gasteiger partial charge is 0.262 e. The van der Waals surface area contributed by atoms with Gasteiger partial charge in [-0.15, -0.1) is 23.7 Å². The highest BCUT2D eigenvalue weighted by Crippen LogP contribution is 2.42. The van der Waals surface area contributed by atoms with Crippen molar-refractivity contribution in [1.29, 1.82) is 0 Å². The Morgan fingerprint density at radius 2 is 1.88 bits per heavy atom. The van der Waals surface area contributed by atoms with Crippen molar-refractivity contribution >= 4 is 55.7 Å². The third kappa shape index (κ3) is 2.65. The van der Waals surface area contributed by atoms with E-state index in [2.05, 4.69) is 0 Å². The van der Waals surface area contributed by atoms with E-state index in [9.17, 15) is 14.7 Å². The lowest BCUT2D eigenvalue weighted by molar-refractivity contribution is 0.0645. The SMILES string of the molecule is Cc1cc2c(c3c1sc1ccc(O)cc13)C(=O)N(CCN(C)C)C2=O.Cl. The summed E-state index contributed by atoms with van der Waals surface area (Å²) >= 11 is 1.58. The minimum absolute atomic E-state index is 0. The van der Waals surface area contributed by atoms with Gasteiger partial charge >= 0.3 is 0 Å². The van der Waals surface area contributed by atoms with Gasteiger partial charge in [-0.25, -0.2) is 0 Å². The van der Waals surface area contributed by atoms with Crippen molar-refractivity contribution in [2.75, 3.05) is 27.2 Å². The Bertz CT molecular complexity index is 1060. The lowest BCUT2D eigenvalue weighted by atomic mass is 9.99. The van der Waals surface area contributed by atoms with Gasteiger partial charge in [0.25, 0.3) is 11.8 Å². The van der Waals surface area contributed by atoms with E-state index in [1.807, 2.05) is 38.1 Å². The van der Waals surface area contributed by atoms with E-state index in [0.29, 0.717) is 24.2 Å². The number of phenolic OH excluding ortho intramolecular Hbond substituents is 1. The number of hydrogen-bond donors (Lipinski definition) is 1. The number of benzene rings is 2. The van der Waals surface area contributed by atoms with Crippen LogP contribution in [0.25, 0.3) is 20.2 Å². The molecule has 136 valence electrons. The second kappa shape index (κ2) is 6.54. The van der Waals surface area contributed by atoms with Crippen LogP contribution in [-0.4, -0.2) is 53.9 Å². The normalized spacial score (nSPS) is 13.8. The molecule has 2 amide bonds. The van der Waals surface area contributed by atoms with Gasteiger partial charge < -0.3 is 10.0 Å². The van der Waals surface area contributed by atoms with Crippen LogP contribution in [0.4, 0.5) is 0 Å². The highest BCUT2D eigenvalue weighted by molar-refractivity contribution is 7.26. The molecule has 1 aliphatic heterocycles. The molecule has 0 atom stereocenters. The number of carbonyl (C=O) groups excluding carboxylic acids is 2. The van der Waals surface area contributed by atoms with E-state index in [1.165, 1.54) is 4.90 Å². The van der Waals surface area contributed by atoms with Gasteiger partial charge in [-0.3, -0.25) is 14.5 Å². The summed E-state index contributed by atoms with van der Waals surface area (Å²) < 4.78 is 1.99. The number of halogens is 1. The Hall–Kier alpha value is -2.15. The summed E-state index contributed by atoms with van der Waals surface area (Å²) in [6.07, 6.45) is 0. The number of carbonyl (C=O) groups is 2. The molecule has 1 N–H and O–H groups in total. The minimum Gasteiger partial charge on any atom is -0.508 e. The molecule has 0 aliphatic carbocycles. The fraction of sp³-hybridized carbons (Fsp3) is 0.263. The predicted molar refractivity (Wildman–Crippen MR) is 107 cm³/mol. The molecule has 0 saturated heterocycles. The number of thiophene rings is 1. The van der Waals surface area contributed by atoms with Gasteiger partial charge in [-0.1, -0.05) is 0 Å². The van der Waals surface area contributed by atoms with Crippen LogP contribution in [0.3, 0.4) is 0 Å². The Labute approximate surface area is 161 Å². The van der Waals surface area contributed by atoms with E-state index >= 15 is 0 Å². The van der Waals surface area contributed by atoms with Gasteiger partial charge in [0.05, 0.1) is 11.1 Å². The Kier molecular flexibility index (Phi) is 4.69. The molecule has 5 nitrogen and oxygen atoms in total. The second-order valence-corrected chi connectivity index (χ2v) is 7.72. The van der Waals surface area contributed by atoms with E-state index in [-0.39, 0.29) is 30.0 Å². The van der Waals surface area contributed by atoms with Gasteiger partial charge in [0.15, 0.2) is 0 Å². The number of hydrogen-bond acceptors (Lipinski definition) is 5. The molecule has 26 heavy (non-hydrogen) atoms. The number of aromatic hydroxyl groups is 1. The maximum Gasteiger partial charge on any atom is 0.262 e. The maximum absolute atomic E-state index is 13.0. The fourth-order valence-electron chi connectivity index (χ4n) is 3.37. The van der Waals surface area contributed by atoms with E-state index in [4.69, 9.17) is 0 Å². The number of fused-ring (bicyclic) bond motifs is 5. The number of amides is 2. The predicted octanol–water partition coefficient (Wildman–Crippen LogP) is 3.65. The highest BCUT2D eigenvalue weighted by atomic mass is 35.5. The monoisotopic (exact) mass is 390 g/mol. The van der Waals surface area contributed by atoms with Gasteiger partial charge in [-0.2, -0.15) is 0 Å². The molecule has 0 bridgehead atoms. The third-order valence-corrected chi connectivity index (χ3v) is 5.92. The highest BCUT2D eigenvalue weighted by Gasteiger charge is 2.38. The summed E-state index contributed by atoms with van der Waals surface area (Å²) in [5.74, 6) is -0.315. The molecule has 7 heteroatoms. The van der Waals surface area contributed by atoms with Crippen LogP contribution in [0.1, 0.15) is 26.3 Å². The zero-order valence-corrected chi connectivity index (χ0v) is 16.3. The zero-order valence-electron chi connectivity index (χ0n) is 14.7. The minimum atomic E-state index is -0.241. The van der Waals surface area contributed by atoms with Crippen molar-refractivity contribution in [2.45, 2.75) is 6.92 Å². The first-order chi connectivity index (χ1) is 11.9. The van der Waals surface area contributed by atoms with Gasteiger partial charge in [0.2, 0.25) is 0 Å². The van der Waals surface area contributed by atoms with Crippen LogP contribution in [0.5, 0.6) is 5.75 Å². The van der Waals surface area contributed by atoms with Crippen LogP contribution in [0, 0.1) is 6.92 Å². The number of rotatable bonds is 3. The number of phenols is 1. The Balaban J connectivity index is 0.00000196. The summed E-state index contributed by atoms with van der Waals surface area (Å²) in [5, 5.41) is 11.5. The van der Waals surface area contributed by atoms with E-state index in [1.54, 1.807) is 23.5 Å². The molecule has 4 rings (SSSR count). The molecule has 0 radical (unpaired) electrons. The van der Waals surface area contributed by atoms with Crippen LogP contribution < -0.4 is 0 Å². The van der Waals surface area contributed by atoms with E-state index < -0.39 is 0 Å². The Morgan fingerprint density at radius 3 is 2.58 bits per heavy atom. The number of likely N-dealkylation sites (N-methyl/N-ethyl adjacent to an activating group) is 1. The van der Waals surface area contributed by atoms with Crippen molar-refractivity contribution in [3.8, 4) is 5.75 Å². The second-order valence-electron chi connectivity index (χ2n) is 6.67. The third-order valence-electron chi connectivity index (χ3n) is 4.62. The summed E-state index contributed by atoms with van der Waals surface area (Å²) in [5.41, 5.74) is 1.92. The molecule has 0 unspecified atom stereocenters. The van der Waals surface area contributed by atoms with Crippen molar-refractivity contribution in [1.82, 2.24) is 9.80 Å². The Morgan fingerprint density at radius 1 is 1.15 bits per heavy atom. The molecule has 1 aromatic heterocycles. The molecule has 1 aliphatic rings. The van der Waals surface area contributed by atoms with Crippen LogP contribution >= 0.6 is 23.7 Å². The van der Waals surface area contributed by atoms with Crippen molar-refractivity contribution in [3.63, 3.8) is 0 Å². The first-order valence-corrected chi connectivity index (χ1v) is 8.90. The number of aryl methyl sites for hydroxylation is 1. The topological polar surface area (TPSA) is 60.9 Å². The van der Waals surface area contributed by atoms with Gasteiger partial charge in [-0.05, 0) is 50.8 Å². The lowest BCUT2D eigenvalue weighted by Gasteiger charge is -2.16. The van der Waals surface area contributed by atoms with Crippen molar-refractivity contribution < 1.29 is 14.7 Å². The maximum atomic E-state index is 13.0. The molecule has 2 heterocycles. The molecule has 3 aromatic rings. The summed E-state index contributed by atoms with van der Waals surface area (Å²) in [7, 11) is 3.82. The fourth-order valence-corrected chi connectivity index (χ4v) is 4.53. The average molecular weight is 391 g/mol. The lowest BCUT2D eigenvalue weighted by Crippen LogP contribution is -2.35. The largest absolute Gasteiger partial charge is 0.508 e. The molecule has 0 fully saturated rings.